The molecule has 1 fully saturated rings. The van der Waals surface area contributed by atoms with E-state index >= 15 is 0 Å². The molecule has 106 valence electrons. The Kier molecular flexibility index (Phi) is 5.00. The van der Waals surface area contributed by atoms with Gasteiger partial charge in [0, 0.05) is 6.04 Å². The lowest BCUT2D eigenvalue weighted by molar-refractivity contribution is 0.219. The van der Waals surface area contributed by atoms with Gasteiger partial charge in [0.2, 0.25) is 0 Å². The number of rotatable bonds is 4. The van der Waals surface area contributed by atoms with Gasteiger partial charge < -0.3 is 0 Å². The first-order valence-corrected chi connectivity index (χ1v) is 7.69. The predicted octanol–water partition coefficient (Wildman–Crippen LogP) is 4.02. The third-order valence-electron chi connectivity index (χ3n) is 5.10. The van der Waals surface area contributed by atoms with Crippen molar-refractivity contribution in [2.24, 2.45) is 17.7 Å². The van der Waals surface area contributed by atoms with E-state index in [0.29, 0.717) is 12.0 Å². The van der Waals surface area contributed by atoms with Crippen molar-refractivity contribution in [3.8, 4) is 0 Å². The van der Waals surface area contributed by atoms with Crippen molar-refractivity contribution in [3.63, 3.8) is 0 Å². The van der Waals surface area contributed by atoms with E-state index in [-0.39, 0.29) is 0 Å². The summed E-state index contributed by atoms with van der Waals surface area (Å²) in [5.74, 6) is 7.50. The van der Waals surface area contributed by atoms with Crippen LogP contribution in [0.4, 0.5) is 0 Å². The molecule has 0 bridgehead atoms. The average molecular weight is 260 g/mol. The summed E-state index contributed by atoms with van der Waals surface area (Å²) in [4.78, 5) is 0. The van der Waals surface area contributed by atoms with Gasteiger partial charge in [0.05, 0.1) is 0 Å². The molecule has 0 aromatic heterocycles. The molecule has 0 aliphatic heterocycles. The van der Waals surface area contributed by atoms with Crippen molar-refractivity contribution in [1.29, 1.82) is 0 Å². The molecule has 0 amide bonds. The molecular formula is C17H28N2. The fourth-order valence-electron chi connectivity index (χ4n) is 3.52. The normalized spacial score (nSPS) is 25.3. The van der Waals surface area contributed by atoms with Gasteiger partial charge in [0.15, 0.2) is 0 Å². The van der Waals surface area contributed by atoms with Crippen LogP contribution >= 0.6 is 0 Å². The second-order valence-electron chi connectivity index (χ2n) is 6.12. The van der Waals surface area contributed by atoms with Gasteiger partial charge in [-0.3, -0.25) is 11.3 Å². The summed E-state index contributed by atoms with van der Waals surface area (Å²) in [5, 5.41) is 0. The van der Waals surface area contributed by atoms with Crippen LogP contribution in [0.5, 0.6) is 0 Å². The Morgan fingerprint density at radius 1 is 1.21 bits per heavy atom. The highest BCUT2D eigenvalue weighted by Gasteiger charge is 2.28. The van der Waals surface area contributed by atoms with E-state index in [1.54, 1.807) is 0 Å². The smallest absolute Gasteiger partial charge is 0.0490 e. The molecule has 1 aliphatic rings. The molecule has 0 heterocycles. The van der Waals surface area contributed by atoms with Crippen molar-refractivity contribution >= 4 is 0 Å². The fraction of sp³-hybridized carbons (Fsp3) is 0.647. The van der Waals surface area contributed by atoms with Crippen LogP contribution in [-0.2, 0) is 0 Å². The number of aryl methyl sites for hydroxylation is 1. The number of hydrogen-bond donors (Lipinski definition) is 2. The third-order valence-corrected chi connectivity index (χ3v) is 5.10. The zero-order chi connectivity index (χ0) is 13.8. The zero-order valence-electron chi connectivity index (χ0n) is 12.6. The molecule has 1 aliphatic carbocycles. The van der Waals surface area contributed by atoms with Crippen molar-refractivity contribution < 1.29 is 0 Å². The molecule has 1 unspecified atom stereocenters. The Morgan fingerprint density at radius 2 is 1.89 bits per heavy atom. The maximum atomic E-state index is 5.87. The van der Waals surface area contributed by atoms with Gasteiger partial charge >= 0.3 is 0 Å². The van der Waals surface area contributed by atoms with Crippen LogP contribution in [0.1, 0.15) is 61.8 Å². The molecule has 0 saturated heterocycles. The maximum Gasteiger partial charge on any atom is 0.0490 e. The van der Waals surface area contributed by atoms with E-state index < -0.39 is 0 Å². The highest BCUT2D eigenvalue weighted by Crippen LogP contribution is 2.38. The highest BCUT2D eigenvalue weighted by molar-refractivity contribution is 5.35. The predicted molar refractivity (Wildman–Crippen MR) is 81.7 cm³/mol. The van der Waals surface area contributed by atoms with Gasteiger partial charge in [-0.05, 0) is 55.2 Å². The summed E-state index contributed by atoms with van der Waals surface area (Å²) in [6, 6.07) is 6.89. The van der Waals surface area contributed by atoms with Crippen molar-refractivity contribution in [1.82, 2.24) is 5.43 Å². The third kappa shape index (κ3) is 3.18. The summed E-state index contributed by atoms with van der Waals surface area (Å²) < 4.78 is 0. The second-order valence-corrected chi connectivity index (χ2v) is 6.12. The van der Waals surface area contributed by atoms with Crippen molar-refractivity contribution in [3.05, 3.63) is 34.9 Å². The van der Waals surface area contributed by atoms with Crippen LogP contribution < -0.4 is 11.3 Å². The first-order valence-electron chi connectivity index (χ1n) is 7.69. The summed E-state index contributed by atoms with van der Waals surface area (Å²) >= 11 is 0. The molecule has 19 heavy (non-hydrogen) atoms. The van der Waals surface area contributed by atoms with Gasteiger partial charge in [-0.15, -0.1) is 0 Å². The molecule has 3 N–H and O–H groups in total. The van der Waals surface area contributed by atoms with Crippen LogP contribution in [-0.4, -0.2) is 0 Å². The Labute approximate surface area is 117 Å². The summed E-state index contributed by atoms with van der Waals surface area (Å²) in [7, 11) is 0. The molecule has 1 aromatic rings. The van der Waals surface area contributed by atoms with Gasteiger partial charge in [-0.1, -0.05) is 44.4 Å². The molecule has 2 rings (SSSR count). The molecule has 1 saturated carbocycles. The van der Waals surface area contributed by atoms with E-state index in [4.69, 9.17) is 5.84 Å². The number of hydrogen-bond acceptors (Lipinski definition) is 2. The highest BCUT2D eigenvalue weighted by atomic mass is 15.2. The average Bonchev–Trinajstić information content (AvgIpc) is 2.45. The van der Waals surface area contributed by atoms with E-state index in [0.717, 1.165) is 5.92 Å². The van der Waals surface area contributed by atoms with Crippen LogP contribution in [0.15, 0.2) is 18.2 Å². The van der Waals surface area contributed by atoms with E-state index in [1.807, 2.05) is 0 Å². The summed E-state index contributed by atoms with van der Waals surface area (Å²) in [6.45, 7) is 6.71. The molecule has 2 heteroatoms. The molecule has 0 spiro atoms. The Hall–Kier alpha value is -0.860. The number of nitrogens with one attached hydrogen (secondary N) is 1. The van der Waals surface area contributed by atoms with Crippen molar-refractivity contribution in [2.45, 2.75) is 58.9 Å². The van der Waals surface area contributed by atoms with Gasteiger partial charge in [0.1, 0.15) is 0 Å². The second kappa shape index (κ2) is 6.53. The maximum absolute atomic E-state index is 5.87. The Bertz CT molecular complexity index is 406. The first kappa shape index (κ1) is 14.5. The molecule has 2 nitrogen and oxygen atoms in total. The van der Waals surface area contributed by atoms with Crippen LogP contribution in [0.25, 0.3) is 0 Å². The zero-order valence-corrected chi connectivity index (χ0v) is 12.6. The van der Waals surface area contributed by atoms with Crippen LogP contribution in [0.3, 0.4) is 0 Å². The standard InChI is InChI=1S/C17H28N2/c1-4-14-8-10-15(11-9-14)17(19-18)16-7-5-6-12(2)13(16)3/h5-7,14-15,17,19H,4,8-11,18H2,1-3H3. The van der Waals surface area contributed by atoms with E-state index in [2.05, 4.69) is 44.4 Å². The largest absolute Gasteiger partial charge is 0.271 e. The van der Waals surface area contributed by atoms with E-state index in [1.165, 1.54) is 48.8 Å². The summed E-state index contributed by atoms with van der Waals surface area (Å²) in [5.41, 5.74) is 7.23. The molecule has 0 radical (unpaired) electrons. The van der Waals surface area contributed by atoms with Crippen molar-refractivity contribution in [2.75, 3.05) is 0 Å². The number of benzene rings is 1. The van der Waals surface area contributed by atoms with Crippen LogP contribution in [0, 0.1) is 25.7 Å². The van der Waals surface area contributed by atoms with E-state index in [9.17, 15) is 0 Å². The minimum absolute atomic E-state index is 0.317. The molecule has 1 atom stereocenters. The Morgan fingerprint density at radius 3 is 2.47 bits per heavy atom. The van der Waals surface area contributed by atoms with Crippen LogP contribution in [0.2, 0.25) is 0 Å². The lowest BCUT2D eigenvalue weighted by Gasteiger charge is -2.34. The first-order chi connectivity index (χ1) is 9.17. The Balaban J connectivity index is 2.14. The quantitative estimate of drug-likeness (QED) is 0.634. The SMILES string of the molecule is CCC1CCC(C(NN)c2cccc(C)c2C)CC1. The molecule has 1 aromatic carbocycles. The van der Waals surface area contributed by atoms with Gasteiger partial charge in [-0.25, -0.2) is 0 Å². The summed E-state index contributed by atoms with van der Waals surface area (Å²) in [6.07, 6.45) is 6.67. The minimum Gasteiger partial charge on any atom is -0.271 e. The molecular weight excluding hydrogens is 232 g/mol. The fourth-order valence-corrected chi connectivity index (χ4v) is 3.52. The number of hydrazine groups is 1. The van der Waals surface area contributed by atoms with Gasteiger partial charge in [0.25, 0.3) is 0 Å². The lowest BCUT2D eigenvalue weighted by atomic mass is 9.75. The monoisotopic (exact) mass is 260 g/mol. The number of nitrogens with two attached hydrogens (primary N) is 1. The minimum atomic E-state index is 0.317. The lowest BCUT2D eigenvalue weighted by Crippen LogP contribution is -2.35. The van der Waals surface area contributed by atoms with Gasteiger partial charge in [-0.2, -0.15) is 0 Å². The topological polar surface area (TPSA) is 38.0 Å².